The maximum atomic E-state index is 9.36. The highest BCUT2D eigenvalue weighted by Crippen LogP contribution is 2.35. The highest BCUT2D eigenvalue weighted by molar-refractivity contribution is 6.32. The molecule has 1 unspecified atom stereocenters. The quantitative estimate of drug-likeness (QED) is 0.663. The van der Waals surface area contributed by atoms with Crippen LogP contribution in [0.15, 0.2) is 18.3 Å². The lowest BCUT2D eigenvalue weighted by atomic mass is 9.91. The smallest absolute Gasteiger partial charge is 0.150 e. The fourth-order valence-corrected chi connectivity index (χ4v) is 5.04. The lowest BCUT2D eigenvalue weighted by Crippen LogP contribution is -2.40. The molecule has 2 aromatic heterocycles. The minimum absolute atomic E-state index is 0.244. The Morgan fingerprint density at radius 2 is 1.80 bits per heavy atom. The van der Waals surface area contributed by atoms with Gasteiger partial charge >= 0.3 is 0 Å². The van der Waals surface area contributed by atoms with Crippen molar-refractivity contribution in [3.05, 3.63) is 40.8 Å². The number of rotatable bonds is 5. The molecule has 0 spiro atoms. The van der Waals surface area contributed by atoms with Crippen LogP contribution in [0, 0.1) is 27.7 Å². The van der Waals surface area contributed by atoms with E-state index < -0.39 is 0 Å². The zero-order valence-corrected chi connectivity index (χ0v) is 18.6. The van der Waals surface area contributed by atoms with E-state index in [9.17, 15) is 5.11 Å². The van der Waals surface area contributed by atoms with Crippen molar-refractivity contribution in [1.29, 1.82) is 0 Å². The van der Waals surface area contributed by atoms with Gasteiger partial charge in [0, 0.05) is 25.4 Å². The number of nitrogens with zero attached hydrogens (tertiary/aromatic N) is 4. The monoisotopic (exact) mass is 402 g/mol. The molecule has 3 heterocycles. The van der Waals surface area contributed by atoms with E-state index in [1.54, 1.807) is 0 Å². The van der Waals surface area contributed by atoms with Crippen molar-refractivity contribution in [2.75, 3.05) is 18.1 Å². The molecule has 1 fully saturated rings. The first-order valence-corrected chi connectivity index (χ1v) is 11.0. The summed E-state index contributed by atoms with van der Waals surface area (Å²) in [5.41, 5.74) is 6.34. The van der Waals surface area contributed by atoms with E-state index >= 15 is 0 Å². The second-order valence-electron chi connectivity index (χ2n) is 8.69. The van der Waals surface area contributed by atoms with Crippen LogP contribution in [0.3, 0.4) is 0 Å². The zero-order valence-electron chi connectivity index (χ0n) is 18.6. The van der Waals surface area contributed by atoms with Gasteiger partial charge in [0.25, 0.3) is 0 Å². The third-order valence-electron chi connectivity index (χ3n) is 6.28. The number of aromatic nitrogens is 3. The highest BCUT2D eigenvalue weighted by atomic mass is 16.2. The average molecular weight is 402 g/mol. The van der Waals surface area contributed by atoms with Crippen LogP contribution < -0.4 is 10.4 Å². The second-order valence-corrected chi connectivity index (χ2v) is 8.69. The van der Waals surface area contributed by atoms with Crippen LogP contribution in [-0.2, 0) is 0 Å². The first-order chi connectivity index (χ1) is 14.4. The number of hydrogen-bond donors (Lipinski definition) is 1. The Labute approximate surface area is 180 Å². The summed E-state index contributed by atoms with van der Waals surface area (Å²) in [5, 5.41) is 10.5. The first-order valence-electron chi connectivity index (χ1n) is 11.0. The number of hydrogen-bond acceptors (Lipinski definition) is 4. The number of anilines is 1. The number of benzene rings is 1. The molecule has 0 amide bonds. The SMILES string of the molecule is [B]c1cc(C)c(-n2cc(C)c3c(N4CCCCC4CCCO)nc(C)nc32)c(C)c1. The Morgan fingerprint density at radius 3 is 2.50 bits per heavy atom. The van der Waals surface area contributed by atoms with E-state index in [1.807, 2.05) is 19.1 Å². The standard InChI is InChI=1S/C24H31BN4O/c1-15-12-19(25)13-16(2)22(15)29-14-17(3)21-23(26-18(4)27-24(21)29)28-10-6-5-8-20(28)9-7-11-30/h12-14,20,30H,5-11H2,1-4H3. The number of fused-ring (bicyclic) bond motifs is 1. The Balaban J connectivity index is 1.90. The number of aliphatic hydroxyl groups excluding tert-OH is 1. The Hall–Kier alpha value is -2.34. The number of aryl methyl sites for hydroxylation is 4. The number of piperidine rings is 1. The molecule has 4 rings (SSSR count). The minimum atomic E-state index is 0.244. The van der Waals surface area contributed by atoms with Gasteiger partial charge in [-0.2, -0.15) is 0 Å². The summed E-state index contributed by atoms with van der Waals surface area (Å²) in [7, 11) is 6.07. The molecule has 0 aliphatic carbocycles. The van der Waals surface area contributed by atoms with Gasteiger partial charge in [-0.1, -0.05) is 17.6 Å². The third kappa shape index (κ3) is 3.73. The van der Waals surface area contributed by atoms with Gasteiger partial charge in [0.15, 0.2) is 5.65 Å². The van der Waals surface area contributed by atoms with Crippen molar-refractivity contribution in [2.45, 2.75) is 65.8 Å². The summed E-state index contributed by atoms with van der Waals surface area (Å²) < 4.78 is 2.21. The normalized spacial score (nSPS) is 17.1. The average Bonchev–Trinajstić information content (AvgIpc) is 3.01. The van der Waals surface area contributed by atoms with Gasteiger partial charge < -0.3 is 14.6 Å². The molecule has 6 heteroatoms. The first kappa shape index (κ1) is 20.9. The van der Waals surface area contributed by atoms with Crippen molar-refractivity contribution in [3.8, 4) is 5.69 Å². The summed E-state index contributed by atoms with van der Waals surface area (Å²) in [6.45, 7) is 9.58. The van der Waals surface area contributed by atoms with Crippen LogP contribution in [0.1, 0.15) is 54.6 Å². The topological polar surface area (TPSA) is 54.2 Å². The maximum absolute atomic E-state index is 9.36. The molecule has 1 saturated heterocycles. The van der Waals surface area contributed by atoms with E-state index in [0.717, 1.165) is 70.8 Å². The van der Waals surface area contributed by atoms with Crippen LogP contribution in [-0.4, -0.2) is 46.7 Å². The van der Waals surface area contributed by atoms with Crippen molar-refractivity contribution in [3.63, 3.8) is 0 Å². The number of aliphatic hydroxyl groups is 1. The Kier molecular flexibility index (Phi) is 5.87. The largest absolute Gasteiger partial charge is 0.396 e. The fraction of sp³-hybridized carbons (Fsp3) is 0.500. The molecule has 1 aliphatic heterocycles. The van der Waals surface area contributed by atoms with Crippen molar-refractivity contribution >= 4 is 30.2 Å². The van der Waals surface area contributed by atoms with Gasteiger partial charge in [-0.15, -0.1) is 0 Å². The summed E-state index contributed by atoms with van der Waals surface area (Å²) in [5.74, 6) is 1.83. The summed E-state index contributed by atoms with van der Waals surface area (Å²) in [6, 6.07) is 4.47. The summed E-state index contributed by atoms with van der Waals surface area (Å²) in [4.78, 5) is 12.3. The maximum Gasteiger partial charge on any atom is 0.150 e. The Bertz CT molecular complexity index is 1050. The molecule has 30 heavy (non-hydrogen) atoms. The van der Waals surface area contributed by atoms with E-state index in [4.69, 9.17) is 17.8 Å². The predicted octanol–water partition coefficient (Wildman–Crippen LogP) is 3.58. The lowest BCUT2D eigenvalue weighted by molar-refractivity contribution is 0.273. The third-order valence-corrected chi connectivity index (χ3v) is 6.28. The van der Waals surface area contributed by atoms with Crippen LogP contribution >= 0.6 is 0 Å². The van der Waals surface area contributed by atoms with Crippen LogP contribution in [0.5, 0.6) is 0 Å². The van der Waals surface area contributed by atoms with E-state index in [-0.39, 0.29) is 6.61 Å². The molecule has 156 valence electrons. The Morgan fingerprint density at radius 1 is 1.07 bits per heavy atom. The van der Waals surface area contributed by atoms with Crippen LogP contribution in [0.2, 0.25) is 0 Å². The van der Waals surface area contributed by atoms with Gasteiger partial charge in [0.2, 0.25) is 0 Å². The van der Waals surface area contributed by atoms with Crippen LogP contribution in [0.4, 0.5) is 5.82 Å². The van der Waals surface area contributed by atoms with Crippen molar-refractivity contribution in [1.82, 2.24) is 14.5 Å². The zero-order chi connectivity index (χ0) is 21.4. The minimum Gasteiger partial charge on any atom is -0.396 e. The predicted molar refractivity (Wildman–Crippen MR) is 125 cm³/mol. The molecule has 5 nitrogen and oxygen atoms in total. The van der Waals surface area contributed by atoms with Gasteiger partial charge in [-0.05, 0) is 76.5 Å². The van der Waals surface area contributed by atoms with Gasteiger partial charge in [0.1, 0.15) is 19.5 Å². The lowest BCUT2D eigenvalue weighted by Gasteiger charge is -2.37. The highest BCUT2D eigenvalue weighted by Gasteiger charge is 2.27. The van der Waals surface area contributed by atoms with E-state index in [0.29, 0.717) is 6.04 Å². The summed E-state index contributed by atoms with van der Waals surface area (Å²) >= 11 is 0. The van der Waals surface area contributed by atoms with E-state index in [2.05, 4.69) is 36.4 Å². The molecule has 1 atom stereocenters. The van der Waals surface area contributed by atoms with Crippen molar-refractivity contribution < 1.29 is 5.11 Å². The molecule has 1 N–H and O–H groups in total. The summed E-state index contributed by atoms with van der Waals surface area (Å²) in [6.07, 6.45) is 7.58. The molecular formula is C24H31BN4O. The molecule has 2 radical (unpaired) electrons. The van der Waals surface area contributed by atoms with E-state index in [1.165, 1.54) is 18.4 Å². The second kappa shape index (κ2) is 8.42. The van der Waals surface area contributed by atoms with Gasteiger partial charge in [-0.3, -0.25) is 0 Å². The molecule has 1 aromatic carbocycles. The molecule has 1 aliphatic rings. The molecule has 0 bridgehead atoms. The molecular weight excluding hydrogens is 371 g/mol. The molecule has 0 saturated carbocycles. The van der Waals surface area contributed by atoms with Gasteiger partial charge in [-0.25, -0.2) is 9.97 Å². The molecule has 3 aromatic rings. The van der Waals surface area contributed by atoms with Crippen molar-refractivity contribution in [2.24, 2.45) is 0 Å². The fourth-order valence-electron chi connectivity index (χ4n) is 5.04. The van der Waals surface area contributed by atoms with Gasteiger partial charge in [0.05, 0.1) is 11.1 Å². The van der Waals surface area contributed by atoms with Crippen LogP contribution in [0.25, 0.3) is 16.7 Å².